The molecule has 0 aromatic heterocycles. The zero-order valence-electron chi connectivity index (χ0n) is 18.2. The Kier molecular flexibility index (Phi) is 47.8. The first-order chi connectivity index (χ1) is 12.3. The van der Waals surface area contributed by atoms with Gasteiger partial charge in [0.25, 0.3) is 11.9 Å². The predicted molar refractivity (Wildman–Crippen MR) is 117 cm³/mol. The average Bonchev–Trinajstić information content (AvgIpc) is 2.54. The second-order valence-corrected chi connectivity index (χ2v) is 14.5. The first-order valence-corrected chi connectivity index (χ1v) is 18.2. The molecule has 0 fully saturated rings. The Morgan fingerprint density at radius 1 is 0.577 bits per heavy atom. The molecule has 0 aliphatic rings. The molecule has 0 heterocycles. The van der Waals surface area contributed by atoms with Gasteiger partial charge in [-0.2, -0.15) is 0 Å². The van der Waals surface area contributed by atoms with Crippen molar-refractivity contribution in [1.29, 1.82) is 0 Å². The van der Waals surface area contributed by atoms with Crippen LogP contribution < -0.4 is 0 Å². The van der Waals surface area contributed by atoms with Crippen molar-refractivity contribution in [2.75, 3.05) is 0 Å². The molecule has 2 N–H and O–H groups in total. The van der Waals surface area contributed by atoms with Crippen LogP contribution in [0.2, 0.25) is 17.7 Å². The molecule has 0 amide bonds. The van der Waals surface area contributed by atoms with Gasteiger partial charge in [-0.25, -0.2) is 0 Å². The Morgan fingerprint density at radius 2 is 0.731 bits per heavy atom. The molecular weight excluding hydrogens is 542 g/mol. The molecule has 156 valence electrons. The number of aliphatic carboxylic acids is 2. The molecule has 0 rings (SSSR count). The van der Waals surface area contributed by atoms with Crippen LogP contribution in [0.4, 0.5) is 0 Å². The van der Waals surface area contributed by atoms with Crippen LogP contribution in [-0.4, -0.2) is 64.4 Å². The number of rotatable bonds is 12. The zero-order chi connectivity index (χ0) is 21.1. The summed E-state index contributed by atoms with van der Waals surface area (Å²) < 4.78 is 6.50. The summed E-state index contributed by atoms with van der Waals surface area (Å²) in [4.78, 5) is 18.0. The minimum absolute atomic E-state index is 0.149. The molecule has 26 heavy (non-hydrogen) atoms. The van der Waals surface area contributed by atoms with Gasteiger partial charge in [-0.1, -0.05) is 0 Å². The van der Waals surface area contributed by atoms with Crippen molar-refractivity contribution in [3.63, 3.8) is 0 Å². The van der Waals surface area contributed by atoms with E-state index in [2.05, 4.69) is 27.7 Å². The molecule has 0 bridgehead atoms. The average molecular weight is 586 g/mol. The van der Waals surface area contributed by atoms with E-state index in [1.807, 2.05) is 0 Å². The molecule has 0 unspecified atom stereocenters. The van der Waals surface area contributed by atoms with Crippen LogP contribution in [0.15, 0.2) is 0 Å². The Balaban J connectivity index is -0.000000134. The summed E-state index contributed by atoms with van der Waals surface area (Å²) in [5.74, 6) is -1.67. The van der Waals surface area contributed by atoms with Crippen molar-refractivity contribution in [1.82, 2.24) is 0 Å². The van der Waals surface area contributed by atoms with Crippen molar-refractivity contribution < 1.29 is 19.8 Å². The summed E-state index contributed by atoms with van der Waals surface area (Å²) in [6, 6.07) is 0. The maximum absolute atomic E-state index is 9.00. The third-order valence-corrected chi connectivity index (χ3v) is 10.9. The van der Waals surface area contributed by atoms with Crippen molar-refractivity contribution in [2.24, 2.45) is 0 Å². The first-order valence-electron chi connectivity index (χ1n) is 10.1. The van der Waals surface area contributed by atoms with E-state index >= 15 is 0 Å². The number of hydrogen-bond donors (Lipinski definition) is 2. The maximum atomic E-state index is 9.00. The number of carbonyl (C=O) groups is 2. The summed E-state index contributed by atoms with van der Waals surface area (Å²) in [6.07, 6.45) is 11.7. The van der Waals surface area contributed by atoms with E-state index in [4.69, 9.17) is 19.8 Å². The van der Waals surface area contributed by atoms with Gasteiger partial charge in [0.1, 0.15) is 0 Å². The molecule has 0 aliphatic carbocycles. The van der Waals surface area contributed by atoms with Crippen LogP contribution in [0.25, 0.3) is 0 Å². The topological polar surface area (TPSA) is 74.6 Å². The fraction of sp³-hybridized carbons (Fsp3) is 0.900. The van der Waals surface area contributed by atoms with Gasteiger partial charge in [-0.15, -0.1) is 0 Å². The zero-order valence-corrected chi connectivity index (χ0v) is 23.9. The Labute approximate surface area is 183 Å². The quantitative estimate of drug-likeness (QED) is 0.204. The molecule has 4 nitrogen and oxygen atoms in total. The molecule has 0 saturated carbocycles. The van der Waals surface area contributed by atoms with Crippen LogP contribution in [0.1, 0.15) is 92.9 Å². The third kappa shape index (κ3) is 86.5. The van der Waals surface area contributed by atoms with Gasteiger partial charge in [0, 0.05) is 13.8 Å². The molecule has 0 atom stereocenters. The Bertz CT molecular complexity index is 216. The minimum atomic E-state index is -0.833. The van der Waals surface area contributed by atoms with Gasteiger partial charge in [-0.05, 0) is 0 Å². The third-order valence-electron chi connectivity index (χ3n) is 2.83. The number of carboxylic acids is 2. The standard InChI is InChI=1S/4C4H9.2C2H4O2.2Sn/c4*1-3-4-2;2*1-2(3)4;;/h4*1,3-4H2,2H3;2*1H3,(H,3,4);;. The summed E-state index contributed by atoms with van der Waals surface area (Å²) in [7, 11) is 0. The van der Waals surface area contributed by atoms with E-state index in [0.717, 1.165) is 13.8 Å². The molecule has 0 saturated heterocycles. The Hall–Kier alpha value is 0.537. The molecule has 0 aromatic carbocycles. The van der Waals surface area contributed by atoms with Gasteiger partial charge in [0.2, 0.25) is 0 Å². The fourth-order valence-electron chi connectivity index (χ4n) is 1.46. The molecule has 0 aliphatic heterocycles. The van der Waals surface area contributed by atoms with E-state index < -0.39 is 11.9 Å². The van der Waals surface area contributed by atoms with E-state index in [0.29, 0.717) is 0 Å². The van der Waals surface area contributed by atoms with Gasteiger partial charge in [0.05, 0.1) is 0 Å². The van der Waals surface area contributed by atoms with Crippen molar-refractivity contribution >= 4 is 54.2 Å². The van der Waals surface area contributed by atoms with Crippen LogP contribution in [0.5, 0.6) is 0 Å². The van der Waals surface area contributed by atoms with E-state index in [-0.39, 0.29) is 42.3 Å². The second-order valence-electron chi connectivity index (χ2n) is 5.95. The van der Waals surface area contributed by atoms with Crippen LogP contribution in [0, 0.1) is 0 Å². The summed E-state index contributed by atoms with van der Waals surface area (Å²) in [6.45, 7) is 11.3. The van der Waals surface area contributed by atoms with E-state index in [9.17, 15) is 0 Å². The normalized spacial score (nSPS) is 8.85. The number of unbranched alkanes of at least 4 members (excludes halogenated alkanes) is 4. The molecule has 0 aromatic rings. The number of hydrogen-bond acceptors (Lipinski definition) is 2. The van der Waals surface area contributed by atoms with Crippen molar-refractivity contribution in [3.8, 4) is 0 Å². The van der Waals surface area contributed by atoms with Crippen molar-refractivity contribution in [2.45, 2.75) is 111 Å². The number of carboxylic acid groups (broad SMARTS) is 2. The summed E-state index contributed by atoms with van der Waals surface area (Å²) in [5.41, 5.74) is 0. The molecule has 6 heteroatoms. The monoisotopic (exact) mass is 588 g/mol. The second kappa shape index (κ2) is 36.5. The summed E-state index contributed by atoms with van der Waals surface area (Å²) in [5, 5.41) is 14.8. The summed E-state index contributed by atoms with van der Waals surface area (Å²) >= 11 is 0.299. The van der Waals surface area contributed by atoms with Crippen LogP contribution in [-0.2, 0) is 9.59 Å². The van der Waals surface area contributed by atoms with Gasteiger partial charge in [0.15, 0.2) is 0 Å². The SMILES string of the molecule is CC(=O)O.CC(=O)O.CCC[CH2][Sn][CH2]CCC.CCC[CH2][Sn][CH2]CCC. The van der Waals surface area contributed by atoms with Crippen LogP contribution >= 0.6 is 0 Å². The van der Waals surface area contributed by atoms with E-state index in [1.165, 1.54) is 51.4 Å². The fourth-order valence-corrected chi connectivity index (χ4v) is 9.77. The van der Waals surface area contributed by atoms with Gasteiger partial charge < -0.3 is 10.2 Å². The molecule has 0 spiro atoms. The molecule has 4 radical (unpaired) electrons. The van der Waals surface area contributed by atoms with Crippen LogP contribution in [0.3, 0.4) is 0 Å². The van der Waals surface area contributed by atoms with Crippen molar-refractivity contribution in [3.05, 3.63) is 0 Å². The predicted octanol–water partition coefficient (Wildman–Crippen LogP) is 6.44. The molecular formula is C20H44O4Sn2. The van der Waals surface area contributed by atoms with Gasteiger partial charge >= 0.3 is 139 Å². The van der Waals surface area contributed by atoms with E-state index in [1.54, 1.807) is 17.7 Å². The van der Waals surface area contributed by atoms with Gasteiger partial charge in [-0.3, -0.25) is 9.59 Å². The first kappa shape index (κ1) is 34.1. The Morgan fingerprint density at radius 3 is 0.846 bits per heavy atom.